The van der Waals surface area contributed by atoms with Crippen LogP contribution in [-0.2, 0) is 10.8 Å². The van der Waals surface area contributed by atoms with Gasteiger partial charge in [-0.2, -0.15) is 22.8 Å². The number of aromatic nitrogens is 8. The Balaban J connectivity index is 0.000000333. The summed E-state index contributed by atoms with van der Waals surface area (Å²) in [5, 5.41) is 0. The maximum absolute atomic E-state index is 4.94. The van der Waals surface area contributed by atoms with Crippen molar-refractivity contribution >= 4 is 102 Å². The fourth-order valence-electron chi connectivity index (χ4n) is 7.23. The van der Waals surface area contributed by atoms with Crippen molar-refractivity contribution in [3.8, 4) is 0 Å². The van der Waals surface area contributed by atoms with Crippen molar-refractivity contribution < 1.29 is 0 Å². The molecule has 14 heteroatoms. The van der Waals surface area contributed by atoms with Gasteiger partial charge in [0.2, 0.25) is 0 Å². The van der Waals surface area contributed by atoms with Crippen LogP contribution >= 0.6 is 0 Å². The third-order valence-electron chi connectivity index (χ3n) is 12.0. The summed E-state index contributed by atoms with van der Waals surface area (Å²) >= 11 is 0. The van der Waals surface area contributed by atoms with Crippen molar-refractivity contribution in [3.63, 3.8) is 0 Å². The fraction of sp³-hybridized carbons (Fsp3) is 0.161. The molecule has 0 spiro atoms. The van der Waals surface area contributed by atoms with E-state index in [9.17, 15) is 0 Å². The third kappa shape index (κ3) is 17.4. The second-order valence-electron chi connectivity index (χ2n) is 18.3. The van der Waals surface area contributed by atoms with Crippen LogP contribution in [0.2, 0.25) is 0 Å². The van der Waals surface area contributed by atoms with Crippen molar-refractivity contribution in [2.45, 2.75) is 66.2 Å². The van der Waals surface area contributed by atoms with Crippen molar-refractivity contribution in [1.82, 2.24) is 39.9 Å². The molecule has 8 aromatic heterocycles. The molecule has 12 nitrogen and oxygen atoms in total. The maximum Gasteiger partial charge on any atom is 2.00 e. The topological polar surface area (TPSA) is 157 Å². The number of nitrogens with zero attached hydrogens (tertiary/aromatic N) is 12. The van der Waals surface area contributed by atoms with Gasteiger partial charge in [0.05, 0.1) is 22.7 Å². The van der Waals surface area contributed by atoms with E-state index < -0.39 is 10.8 Å². The molecule has 11 rings (SSSR count). The van der Waals surface area contributed by atoms with E-state index in [0.717, 1.165) is 90.6 Å². The molecular formula is C62H60N12Pb2. The smallest absolute Gasteiger partial charge is 0.659 e. The number of aryl methyl sites for hydroxylation is 4. The van der Waals surface area contributed by atoms with Gasteiger partial charge in [0, 0.05) is 74.4 Å². The quantitative estimate of drug-likeness (QED) is 0.136. The molecule has 10 aromatic rings. The van der Waals surface area contributed by atoms with E-state index in [1.807, 2.05) is 121 Å². The van der Waals surface area contributed by atoms with Crippen molar-refractivity contribution in [3.05, 3.63) is 263 Å². The van der Waals surface area contributed by atoms with Crippen molar-refractivity contribution in [2.75, 3.05) is 0 Å². The normalized spacial score (nSPS) is 12.5. The van der Waals surface area contributed by atoms with Gasteiger partial charge < -0.3 is 19.9 Å². The molecule has 376 valence electrons. The van der Waals surface area contributed by atoms with Gasteiger partial charge in [-0.3, -0.25) is 39.9 Å². The van der Waals surface area contributed by atoms with Crippen LogP contribution in [0.15, 0.2) is 215 Å². The number of hydrogen-bond donors (Lipinski definition) is 0. The molecule has 2 aromatic carbocycles. The van der Waals surface area contributed by atoms with Gasteiger partial charge in [0.1, 0.15) is 0 Å². The van der Waals surface area contributed by atoms with Gasteiger partial charge in [0.25, 0.3) is 0 Å². The van der Waals surface area contributed by atoms with E-state index in [-0.39, 0.29) is 54.6 Å². The number of rotatable bonds is 0. The van der Waals surface area contributed by atoms with Crippen LogP contribution in [-0.4, -0.2) is 99.4 Å². The first kappa shape index (κ1) is 59.6. The molecule has 76 heavy (non-hydrogen) atoms. The van der Waals surface area contributed by atoms with E-state index in [4.69, 9.17) is 39.9 Å². The number of fused-ring (bicyclic) bond motifs is 10. The van der Waals surface area contributed by atoms with Crippen LogP contribution < -0.4 is 19.9 Å². The van der Waals surface area contributed by atoms with Crippen molar-refractivity contribution in [1.29, 1.82) is 0 Å². The van der Waals surface area contributed by atoms with Crippen LogP contribution in [0.25, 0.3) is 0 Å². The Morgan fingerprint density at radius 1 is 0.289 bits per heavy atom. The van der Waals surface area contributed by atoms with E-state index in [1.165, 1.54) is 0 Å². The Hall–Kier alpha value is -7.32. The Labute approximate surface area is 487 Å². The maximum atomic E-state index is 4.94. The Morgan fingerprint density at radius 3 is 0.645 bits per heavy atom. The fourth-order valence-corrected chi connectivity index (χ4v) is 7.23. The van der Waals surface area contributed by atoms with Gasteiger partial charge in [-0.25, -0.2) is 0 Å². The SMILES string of the molecule is Cc1cc2c(cc1C)N=Cc1ccc([n-]1)C(C)(C)c1ccc([n-]1)C=Nc1cc(C)c(C)cc1N=Cc1ccc([n-]1)C(C)(C)c1ccc([n-]1)C=N2.[Pb+2].[Pb+2].c1ccncc1.c1ccncc1.c1ccncc1.c1ccncc1. The molecule has 0 saturated heterocycles. The minimum absolute atomic E-state index is 0. The molecule has 8 bridgehead atoms. The van der Waals surface area contributed by atoms with Gasteiger partial charge in [-0.15, -0.1) is 22.8 Å². The second kappa shape index (κ2) is 29.7. The zero-order valence-corrected chi connectivity index (χ0v) is 51.9. The first-order chi connectivity index (χ1) is 35.9. The Kier molecular flexibility index (Phi) is 23.3. The molecule has 4 radical (unpaired) electrons. The average molecular weight is 1390 g/mol. The molecule has 0 atom stereocenters. The summed E-state index contributed by atoms with van der Waals surface area (Å²) < 4.78 is 0. The Bertz CT molecular complexity index is 2830. The molecule has 0 unspecified atom stereocenters. The predicted molar refractivity (Wildman–Crippen MR) is 313 cm³/mol. The number of benzene rings is 2. The number of hydrogen-bond acceptors (Lipinski definition) is 8. The molecule has 0 fully saturated rings. The largest absolute Gasteiger partial charge is 2.00 e. The summed E-state index contributed by atoms with van der Waals surface area (Å²) in [5.74, 6) is 0. The van der Waals surface area contributed by atoms with Crippen LogP contribution in [0, 0.1) is 27.7 Å². The summed E-state index contributed by atoms with van der Waals surface area (Å²) in [6, 6.07) is 47.2. The molecule has 0 aliphatic carbocycles. The number of aliphatic imine (C=N–C) groups is 4. The molecule has 1 aliphatic heterocycles. The van der Waals surface area contributed by atoms with E-state index in [0.29, 0.717) is 0 Å². The first-order valence-electron chi connectivity index (χ1n) is 24.2. The summed E-state index contributed by atoms with van der Waals surface area (Å²) in [6.45, 7) is 16.9. The van der Waals surface area contributed by atoms with Crippen molar-refractivity contribution in [2.24, 2.45) is 20.0 Å². The molecule has 1 aliphatic rings. The summed E-state index contributed by atoms with van der Waals surface area (Å²) in [4.78, 5) is 54.3. The third-order valence-corrected chi connectivity index (χ3v) is 12.0. The Morgan fingerprint density at radius 2 is 0.487 bits per heavy atom. The first-order valence-corrected chi connectivity index (χ1v) is 24.2. The molecular weight excluding hydrogens is 1330 g/mol. The van der Waals surface area contributed by atoms with Crippen LogP contribution in [0.1, 0.15) is 95.5 Å². The summed E-state index contributed by atoms with van der Waals surface area (Å²) in [5.41, 5.74) is 13.5. The minimum atomic E-state index is -0.430. The van der Waals surface area contributed by atoms with Gasteiger partial charge >= 0.3 is 54.6 Å². The predicted octanol–water partition coefficient (Wildman–Crippen LogP) is 12.3. The standard InChI is InChI=1S/C42H40N8.4C5H5N.2Pb/c1-25-17-33-34(18-26(25)2)44-22-30-10-14-38(48-30)42(7,8)40-16-12-32(50-40)24-46-36-20-28(4)27(3)19-35(36)45-23-31-11-15-39(49-31)41(5,6)37-13-9-29(47-37)21-43-33;4*1-2-4-6-5-3-1;;/h9-24H,1-8H3;4*1-5H;;/q-4;;;;;2*+2. The van der Waals surface area contributed by atoms with E-state index >= 15 is 0 Å². The second-order valence-corrected chi connectivity index (χ2v) is 18.3. The van der Waals surface area contributed by atoms with Gasteiger partial charge in [0.15, 0.2) is 0 Å². The van der Waals surface area contributed by atoms with E-state index in [2.05, 4.69) is 99.6 Å². The monoisotopic (exact) mass is 1390 g/mol. The molecule has 9 heterocycles. The minimum Gasteiger partial charge on any atom is -0.659 e. The zero-order valence-electron chi connectivity index (χ0n) is 44.2. The molecule has 0 saturated carbocycles. The zero-order chi connectivity index (χ0) is 52.2. The van der Waals surface area contributed by atoms with Crippen LogP contribution in [0.4, 0.5) is 22.7 Å². The van der Waals surface area contributed by atoms with Gasteiger partial charge in [-0.05, 0) is 134 Å². The summed E-state index contributed by atoms with van der Waals surface area (Å²) in [7, 11) is 0. The molecule has 0 amide bonds. The average Bonchev–Trinajstić information content (AvgIpc) is 4.30. The summed E-state index contributed by atoms with van der Waals surface area (Å²) in [6.07, 6.45) is 21.2. The number of pyridine rings is 4. The van der Waals surface area contributed by atoms with Gasteiger partial charge in [-0.1, -0.05) is 100 Å². The molecule has 0 N–H and O–H groups in total. The van der Waals surface area contributed by atoms with E-state index in [1.54, 1.807) is 74.4 Å². The van der Waals surface area contributed by atoms with Crippen LogP contribution in [0.3, 0.4) is 0 Å². The van der Waals surface area contributed by atoms with Crippen LogP contribution in [0.5, 0.6) is 0 Å².